The molecule has 4 aromatic heterocycles. The number of halogens is 1. The quantitative estimate of drug-likeness (QED) is 0.0204. The van der Waals surface area contributed by atoms with Crippen LogP contribution >= 0.6 is 15.9 Å². The van der Waals surface area contributed by atoms with E-state index >= 15 is 0 Å². The van der Waals surface area contributed by atoms with Gasteiger partial charge in [-0.2, -0.15) is 29.7 Å². The van der Waals surface area contributed by atoms with Crippen LogP contribution in [-0.2, 0) is 153 Å². The zero-order chi connectivity index (χ0) is 95.5. The van der Waals surface area contributed by atoms with E-state index in [2.05, 4.69) is 97.7 Å². The van der Waals surface area contributed by atoms with Crippen molar-refractivity contribution in [3.63, 3.8) is 0 Å². The molecule has 0 bridgehead atoms. The van der Waals surface area contributed by atoms with E-state index in [-0.39, 0.29) is 52.4 Å². The van der Waals surface area contributed by atoms with Crippen molar-refractivity contribution in [2.24, 2.45) is 20.4 Å². The molecule has 37 heteroatoms. The summed E-state index contributed by atoms with van der Waals surface area (Å²) in [5.41, 5.74) is 18.5. The van der Waals surface area contributed by atoms with E-state index in [9.17, 15) is 36.6 Å². The predicted octanol–water partition coefficient (Wildman–Crippen LogP) is 15.2. The van der Waals surface area contributed by atoms with Crippen LogP contribution in [0, 0.1) is 10.7 Å². The van der Waals surface area contributed by atoms with Crippen LogP contribution in [0.2, 0.25) is 0 Å². The van der Waals surface area contributed by atoms with Gasteiger partial charge < -0.3 is 54.2 Å². The number of nitrogens with zero attached hydrogens (tertiary/aromatic N) is 12. The monoisotopic (exact) mass is 1960 g/mol. The van der Waals surface area contributed by atoms with Crippen molar-refractivity contribution in [2.75, 3.05) is 58.2 Å². The Balaban J connectivity index is 0.000000127. The van der Waals surface area contributed by atoms with Gasteiger partial charge in [-0.3, -0.25) is 4.72 Å². The fraction of sp³-hybridized carbons (Fsp3) is 0.449. The minimum atomic E-state index is -3.62. The molecule has 0 spiro atoms. The van der Waals surface area contributed by atoms with Crippen molar-refractivity contribution in [2.45, 2.75) is 246 Å². The van der Waals surface area contributed by atoms with Crippen LogP contribution in [0.1, 0.15) is 177 Å². The Morgan fingerprint density at radius 3 is 1.34 bits per heavy atom. The molecule has 8 heterocycles. The number of anilines is 2. The normalized spacial score (nSPS) is 18.9. The molecule has 4 aliphatic heterocycles. The Kier molecular flexibility index (Phi) is 28.7. The zero-order valence-corrected chi connectivity index (χ0v) is 82.1. The largest absolute Gasteiger partial charge is 0.477 e. The highest BCUT2D eigenvalue weighted by Crippen LogP contribution is 2.46. The summed E-state index contributed by atoms with van der Waals surface area (Å²) in [7, 11) is -5.09. The summed E-state index contributed by atoms with van der Waals surface area (Å²) in [6.07, 6.45) is 27.2. The van der Waals surface area contributed by atoms with E-state index in [4.69, 9.17) is 42.7 Å². The highest BCUT2D eigenvalue weighted by molar-refractivity contribution is 9.10. The van der Waals surface area contributed by atoms with E-state index in [1.807, 2.05) is 140 Å². The number of carbonyl (C=O) groups excluding carboxylic acids is 5. The number of aromatic nitrogens is 8. The number of isocyanates is 1. The molecule has 0 fully saturated rings. The average Bonchev–Trinajstić information content (AvgIpc) is 1.69. The summed E-state index contributed by atoms with van der Waals surface area (Å²) < 4.78 is 101. The molecule has 135 heavy (non-hydrogen) atoms. The van der Waals surface area contributed by atoms with Crippen LogP contribution in [0.25, 0.3) is 0 Å². The Morgan fingerprint density at radius 1 is 0.526 bits per heavy atom. The Labute approximate surface area is 797 Å². The highest BCUT2D eigenvalue weighted by atomic mass is 79.9. The van der Waals surface area contributed by atoms with Gasteiger partial charge in [0.15, 0.2) is 9.92 Å². The molecule has 6 aliphatic carbocycles. The number of likely N-dealkylation sites (N-methyl/N-ethyl adjacent to an activating group) is 3. The summed E-state index contributed by atoms with van der Waals surface area (Å²) >= 11 is 3.36. The third-order valence-corrected chi connectivity index (χ3v) is 31.0. The number of hydrogen-bond donors (Lipinski definition) is 7. The molecule has 3 unspecified atom stereocenters. The molecule has 7 atom stereocenters. The van der Waals surface area contributed by atoms with Crippen molar-refractivity contribution < 1.29 is 65.0 Å². The van der Waals surface area contributed by atoms with Crippen LogP contribution in [0.5, 0.6) is 23.5 Å². The third-order valence-electron chi connectivity index (χ3n) is 26.1. The SMILES string of the molecule is C=S(=O)(NC(=O)Nc1c2c(cc3c1CCC3)CCC2)c1cnn2c1OC[C@@H](CC)C2.CN(C(=O)OC(C)(C)C)[C@@H]1COc2c(Br)cnn2C1.CN(C(=O)OC(C)(C)C)[C@@H]1COc2c(S(N)(=O)=NC(c3ccccc3)(c3ccccc3)c3ccccc3)cnn2C1.CN[C@@H]1COc2c(S(=N)(=O)NC(=O)Nc3c4c(cc5c3CCC5)CCC4)cnn2C1.O=C=Nc1c2c(cc3c1CCC3)CCC2. The smallest absolute Gasteiger partial charge is 0.410 e. The van der Waals surface area contributed by atoms with Gasteiger partial charge in [0.1, 0.15) is 61.2 Å². The van der Waals surface area contributed by atoms with Crippen LogP contribution in [0.15, 0.2) is 162 Å². The molecule has 0 radical (unpaired) electrons. The lowest BCUT2D eigenvalue weighted by atomic mass is 9.78. The molecule has 33 nitrogen and oxygen atoms in total. The summed E-state index contributed by atoms with van der Waals surface area (Å²) in [6, 6.07) is 34.6. The van der Waals surface area contributed by atoms with Gasteiger partial charge in [0.2, 0.25) is 29.6 Å². The second kappa shape index (κ2) is 40.2. The van der Waals surface area contributed by atoms with Gasteiger partial charge in [0, 0.05) is 31.4 Å². The molecular weight excluding hydrogens is 1840 g/mol. The lowest BCUT2D eigenvalue weighted by Gasteiger charge is -2.34. The molecule has 0 saturated carbocycles. The molecule has 0 saturated heterocycles. The molecule has 8 N–H and O–H groups in total. The number of carbonyl (C=O) groups is 4. The van der Waals surface area contributed by atoms with E-state index in [1.54, 1.807) is 50.0 Å². The van der Waals surface area contributed by atoms with Gasteiger partial charge in [0.25, 0.3) is 0 Å². The Hall–Kier alpha value is -11.9. The lowest BCUT2D eigenvalue weighted by molar-refractivity contribution is 0.00945. The maximum atomic E-state index is 14.5. The average molecular weight is 1960 g/mol. The standard InChI is InChI=1S/C31H35N5O4S.C22H28N4O3S.C20H26N6O3S.C13H13NO.C12H18BrN3O3/c1-30(2,3)40-29(37)35(4)26-21-36-28(39-22-26)27(20-33-36)41(32,38)34-31(23-14-8-5-9-15-23,24-16-10-6-11-17-24)25-18-12-7-13-19-25;1-3-14-12-26-21(29-13-14)19(11-23-26)30(2,28)25-22(27)24-20-17-8-4-6-15(17)10-16-7-5-9-18(16)20;1-22-14-10-26-19(29-11-14)17(9-23-26)30(21,28)25-20(27)24-18-15-6-2-4-12(15)8-13-5-3-7-16(13)18;15-8-14-13-11-5-1-3-9(11)7-10-4-2-6-12(10)13;1-12(2,3)19-11(17)15(4)8-6-16-10(18-7-8)9(13)5-14-16/h5-20,26H,21-22H2,1-4H3,(H2,32,34,38);10-11,14H,2-9,12-13H2,1H3,(H2,24,25,27,28);8-9,14,22H,2-7,10-11H2,1H3,(H3,21,24,25,27,28);7H,1-6H2;5,8H,6-7H2,1-4H3/t26-,41?;2*14-,30?;;8-/m000.0/s1. The van der Waals surface area contributed by atoms with Crippen molar-refractivity contribution in [3.8, 4) is 23.5 Å². The molecule has 716 valence electrons. The van der Waals surface area contributed by atoms with E-state index in [0.717, 1.165) is 154 Å². The first-order valence-corrected chi connectivity index (χ1v) is 51.9. The first kappa shape index (κ1) is 96.3. The molecule has 10 aliphatic rings. The fourth-order valence-electron chi connectivity index (χ4n) is 19.3. The number of hydrogen-bond acceptors (Lipinski definition) is 22. The number of aryl methyl sites for hydroxylation is 6. The third kappa shape index (κ3) is 21.1. The van der Waals surface area contributed by atoms with Crippen molar-refractivity contribution in [1.82, 2.24) is 63.7 Å². The number of nitrogens with one attached hydrogen (secondary N) is 6. The first-order valence-electron chi connectivity index (χ1n) is 46.2. The number of urea groups is 2. The fourth-order valence-corrected chi connectivity index (χ4v) is 23.3. The maximum absolute atomic E-state index is 14.5. The van der Waals surface area contributed by atoms with Crippen LogP contribution < -0.4 is 49.5 Å². The van der Waals surface area contributed by atoms with E-state index in [0.29, 0.717) is 62.0 Å². The number of nitrogens with two attached hydrogens (primary N) is 1. The van der Waals surface area contributed by atoms with Gasteiger partial charge in [-0.15, -0.1) is 0 Å². The minimum absolute atomic E-state index is 0.0885. The predicted molar refractivity (Wildman–Crippen MR) is 519 cm³/mol. The van der Waals surface area contributed by atoms with Crippen LogP contribution in [-0.4, -0.2) is 175 Å². The van der Waals surface area contributed by atoms with Gasteiger partial charge in [-0.1, -0.05) is 116 Å². The van der Waals surface area contributed by atoms with Gasteiger partial charge in [-0.05, 0) is 276 Å². The number of aliphatic imine (C=N–C) groups is 1. The van der Waals surface area contributed by atoms with Crippen LogP contribution in [0.3, 0.4) is 0 Å². The topological polar surface area (TPSA) is 404 Å². The van der Waals surface area contributed by atoms with Crippen molar-refractivity contribution >= 4 is 98.7 Å². The molecule has 6 amide bonds. The first-order chi connectivity index (χ1) is 64.6. The molecule has 20 rings (SSSR count). The summed E-state index contributed by atoms with van der Waals surface area (Å²) in [6.45, 7) is 16.8. The molecular formula is C98H120BrN19O14S3. The highest BCUT2D eigenvalue weighted by Gasteiger charge is 2.42. The van der Waals surface area contributed by atoms with Crippen LogP contribution in [0.4, 0.5) is 36.2 Å². The Bertz CT molecular complexity index is 6180. The van der Waals surface area contributed by atoms with Gasteiger partial charge in [0.05, 0.1) is 95.6 Å². The number of amides is 6. The van der Waals surface area contributed by atoms with Crippen molar-refractivity contribution in [1.29, 1.82) is 4.78 Å². The zero-order valence-electron chi connectivity index (χ0n) is 78.1. The molecule has 10 aromatic rings. The number of ether oxygens (including phenoxy) is 6. The summed E-state index contributed by atoms with van der Waals surface area (Å²) in [5, 5.41) is 32.8. The number of fused-ring (bicyclic) bond motifs is 10. The molecule has 6 aromatic carbocycles. The second-order valence-electron chi connectivity index (χ2n) is 37.7. The number of rotatable bonds is 16. The second-order valence-corrected chi connectivity index (χ2v) is 44.0. The maximum Gasteiger partial charge on any atom is 0.410 e. The summed E-state index contributed by atoms with van der Waals surface area (Å²) in [4.78, 5) is 68.4. The Morgan fingerprint density at radius 2 is 0.896 bits per heavy atom. The lowest BCUT2D eigenvalue weighted by Crippen LogP contribution is -2.47. The number of benzene rings is 6. The van der Waals surface area contributed by atoms with Gasteiger partial charge in [-0.25, -0.2) is 70.0 Å². The minimum Gasteiger partial charge on any atom is -0.477 e. The van der Waals surface area contributed by atoms with E-state index < -0.39 is 64.4 Å². The summed E-state index contributed by atoms with van der Waals surface area (Å²) in [5.74, 6) is 5.89. The van der Waals surface area contributed by atoms with E-state index in [1.165, 1.54) is 103 Å². The van der Waals surface area contributed by atoms with Gasteiger partial charge >= 0.3 is 24.2 Å². The van der Waals surface area contributed by atoms with Crippen molar-refractivity contribution in [3.05, 3.63) is 222 Å².